The van der Waals surface area contributed by atoms with E-state index in [0.717, 1.165) is 16.3 Å². The molecule has 0 aliphatic carbocycles. The second-order valence-electron chi connectivity index (χ2n) is 5.92. The second-order valence-corrected chi connectivity index (χ2v) is 6.77. The topological polar surface area (TPSA) is 67.2 Å². The van der Waals surface area contributed by atoms with Gasteiger partial charge in [-0.25, -0.2) is 4.68 Å². The third kappa shape index (κ3) is 4.57. The molecule has 0 fully saturated rings. The van der Waals surface area contributed by atoms with Crippen molar-refractivity contribution >= 4 is 29.3 Å². The summed E-state index contributed by atoms with van der Waals surface area (Å²) >= 11 is 1.55. The molecule has 2 amide bonds. The molecular weight excluding hydrogens is 360 g/mol. The van der Waals surface area contributed by atoms with Crippen LogP contribution in [-0.2, 0) is 4.79 Å². The highest BCUT2D eigenvalue weighted by atomic mass is 32.2. The molecule has 1 N–H and O–H groups in total. The van der Waals surface area contributed by atoms with Gasteiger partial charge in [-0.3, -0.25) is 9.59 Å². The molecule has 3 aromatic rings. The fourth-order valence-electron chi connectivity index (χ4n) is 2.60. The highest BCUT2D eigenvalue weighted by Crippen LogP contribution is 2.24. The fraction of sp³-hybridized carbons (Fsp3) is 0.150. The van der Waals surface area contributed by atoms with E-state index in [9.17, 15) is 9.59 Å². The molecule has 2 aromatic carbocycles. The SMILES string of the molecule is CSc1ccccc1NC(=O)CN(C)C(=O)c1cnn(-c2ccccc2)c1. The average molecular weight is 380 g/mol. The van der Waals surface area contributed by atoms with Crippen molar-refractivity contribution in [2.24, 2.45) is 0 Å². The number of anilines is 1. The number of benzene rings is 2. The number of thioether (sulfide) groups is 1. The van der Waals surface area contributed by atoms with E-state index in [1.54, 1.807) is 29.7 Å². The first-order valence-electron chi connectivity index (χ1n) is 8.37. The predicted molar refractivity (Wildman–Crippen MR) is 107 cm³/mol. The Balaban J connectivity index is 1.64. The van der Waals surface area contributed by atoms with Crippen LogP contribution in [0.3, 0.4) is 0 Å². The highest BCUT2D eigenvalue weighted by molar-refractivity contribution is 7.98. The van der Waals surface area contributed by atoms with Gasteiger partial charge in [-0.05, 0) is 30.5 Å². The first-order chi connectivity index (χ1) is 13.1. The Morgan fingerprint density at radius 1 is 1.11 bits per heavy atom. The molecule has 0 saturated carbocycles. The minimum atomic E-state index is -0.259. The summed E-state index contributed by atoms with van der Waals surface area (Å²) in [6, 6.07) is 17.1. The molecular formula is C20H20N4O2S. The van der Waals surface area contributed by atoms with E-state index in [2.05, 4.69) is 10.4 Å². The van der Waals surface area contributed by atoms with Crippen molar-refractivity contribution in [2.45, 2.75) is 4.90 Å². The second kappa shape index (κ2) is 8.55. The van der Waals surface area contributed by atoms with Crippen LogP contribution in [0.5, 0.6) is 0 Å². The van der Waals surface area contributed by atoms with Gasteiger partial charge in [-0.1, -0.05) is 30.3 Å². The lowest BCUT2D eigenvalue weighted by atomic mass is 10.3. The number of nitrogens with one attached hydrogen (secondary N) is 1. The Morgan fingerprint density at radius 3 is 2.56 bits per heavy atom. The molecule has 1 aromatic heterocycles. The van der Waals surface area contributed by atoms with Crippen LogP contribution in [0.4, 0.5) is 5.69 Å². The van der Waals surface area contributed by atoms with Gasteiger partial charge in [0.1, 0.15) is 0 Å². The van der Waals surface area contributed by atoms with Gasteiger partial charge >= 0.3 is 0 Å². The van der Waals surface area contributed by atoms with Crippen LogP contribution >= 0.6 is 11.8 Å². The highest BCUT2D eigenvalue weighted by Gasteiger charge is 2.17. The van der Waals surface area contributed by atoms with Crippen molar-refractivity contribution < 1.29 is 9.59 Å². The summed E-state index contributed by atoms with van der Waals surface area (Å²) in [5.41, 5.74) is 2.04. The zero-order valence-corrected chi connectivity index (χ0v) is 15.9. The van der Waals surface area contributed by atoms with Crippen molar-refractivity contribution in [2.75, 3.05) is 25.2 Å². The van der Waals surface area contributed by atoms with Crippen LogP contribution in [0.25, 0.3) is 5.69 Å². The molecule has 27 heavy (non-hydrogen) atoms. The molecule has 0 saturated heterocycles. The number of hydrogen-bond acceptors (Lipinski definition) is 4. The molecule has 7 heteroatoms. The molecule has 138 valence electrons. The third-order valence-corrected chi connectivity index (χ3v) is 4.75. The van der Waals surface area contributed by atoms with Crippen LogP contribution in [0, 0.1) is 0 Å². The summed E-state index contributed by atoms with van der Waals surface area (Å²) in [6.45, 7) is -0.0436. The quantitative estimate of drug-likeness (QED) is 0.666. The van der Waals surface area contributed by atoms with Crippen LogP contribution < -0.4 is 5.32 Å². The van der Waals surface area contributed by atoms with Crippen molar-refractivity contribution in [3.63, 3.8) is 0 Å². The van der Waals surface area contributed by atoms with E-state index < -0.39 is 0 Å². The van der Waals surface area contributed by atoms with Gasteiger partial charge in [0.05, 0.1) is 29.7 Å². The Morgan fingerprint density at radius 2 is 1.81 bits per heavy atom. The molecule has 0 unspecified atom stereocenters. The maximum Gasteiger partial charge on any atom is 0.257 e. The summed E-state index contributed by atoms with van der Waals surface area (Å²) in [5, 5.41) is 7.08. The lowest BCUT2D eigenvalue weighted by molar-refractivity contribution is -0.116. The van der Waals surface area contributed by atoms with Crippen LogP contribution in [0.2, 0.25) is 0 Å². The molecule has 0 aliphatic rings. The van der Waals surface area contributed by atoms with E-state index in [4.69, 9.17) is 0 Å². The summed E-state index contributed by atoms with van der Waals surface area (Å²) in [6.07, 6.45) is 5.12. The minimum Gasteiger partial charge on any atom is -0.332 e. The molecule has 0 atom stereocenters. The van der Waals surface area contributed by atoms with Crippen LogP contribution in [0.1, 0.15) is 10.4 Å². The lowest BCUT2D eigenvalue weighted by Gasteiger charge is -2.16. The summed E-state index contributed by atoms with van der Waals surface area (Å²) in [7, 11) is 1.60. The van der Waals surface area contributed by atoms with Gasteiger partial charge in [0.15, 0.2) is 0 Å². The molecule has 1 heterocycles. The number of rotatable bonds is 6. The minimum absolute atomic E-state index is 0.0436. The Hall–Kier alpha value is -3.06. The van der Waals surface area contributed by atoms with E-state index in [-0.39, 0.29) is 18.4 Å². The monoisotopic (exact) mass is 380 g/mol. The number of carbonyl (C=O) groups is 2. The number of likely N-dealkylation sites (N-methyl/N-ethyl adjacent to an activating group) is 1. The smallest absolute Gasteiger partial charge is 0.257 e. The molecule has 0 bridgehead atoms. The van der Waals surface area contributed by atoms with Gasteiger partial charge in [-0.15, -0.1) is 11.8 Å². The van der Waals surface area contributed by atoms with Crippen molar-refractivity contribution in [1.29, 1.82) is 0 Å². The number of hydrogen-bond donors (Lipinski definition) is 1. The number of carbonyl (C=O) groups excluding carboxylic acids is 2. The molecule has 0 radical (unpaired) electrons. The average Bonchev–Trinajstić information content (AvgIpc) is 3.18. The Labute approximate surface area is 162 Å². The number of para-hydroxylation sites is 2. The first-order valence-corrected chi connectivity index (χ1v) is 9.59. The largest absolute Gasteiger partial charge is 0.332 e. The number of aromatic nitrogens is 2. The third-order valence-electron chi connectivity index (χ3n) is 3.96. The lowest BCUT2D eigenvalue weighted by Crippen LogP contribution is -2.34. The van der Waals surface area contributed by atoms with E-state index >= 15 is 0 Å². The van der Waals surface area contributed by atoms with Crippen molar-refractivity contribution in [1.82, 2.24) is 14.7 Å². The Bertz CT molecular complexity index is 940. The number of nitrogens with zero attached hydrogens (tertiary/aromatic N) is 3. The maximum absolute atomic E-state index is 12.6. The molecule has 0 aliphatic heterocycles. The first kappa shape index (κ1) is 18.7. The molecule has 3 rings (SSSR count). The van der Waals surface area contributed by atoms with Gasteiger partial charge in [-0.2, -0.15) is 5.10 Å². The standard InChI is InChI=1S/C20H20N4O2S/c1-23(14-19(25)22-17-10-6-7-11-18(17)27-2)20(26)15-12-21-24(13-15)16-8-4-3-5-9-16/h3-13H,14H2,1-2H3,(H,22,25). The number of amides is 2. The summed E-state index contributed by atoms with van der Waals surface area (Å²) in [5.74, 6) is -0.506. The van der Waals surface area contributed by atoms with Gasteiger partial charge in [0.2, 0.25) is 5.91 Å². The molecule has 0 spiro atoms. The normalized spacial score (nSPS) is 10.4. The summed E-state index contributed by atoms with van der Waals surface area (Å²) in [4.78, 5) is 27.3. The van der Waals surface area contributed by atoms with Gasteiger partial charge in [0.25, 0.3) is 5.91 Å². The van der Waals surface area contributed by atoms with E-state index in [0.29, 0.717) is 5.56 Å². The van der Waals surface area contributed by atoms with Gasteiger partial charge in [0, 0.05) is 18.1 Å². The zero-order chi connectivity index (χ0) is 19.2. The summed E-state index contributed by atoms with van der Waals surface area (Å²) < 4.78 is 1.63. The van der Waals surface area contributed by atoms with Gasteiger partial charge < -0.3 is 10.2 Å². The van der Waals surface area contributed by atoms with Crippen LogP contribution in [0.15, 0.2) is 71.9 Å². The fourth-order valence-corrected chi connectivity index (χ4v) is 3.15. The maximum atomic E-state index is 12.6. The van der Waals surface area contributed by atoms with Crippen molar-refractivity contribution in [3.05, 3.63) is 72.6 Å². The van der Waals surface area contributed by atoms with Crippen molar-refractivity contribution in [3.8, 4) is 5.69 Å². The predicted octanol–water partition coefficient (Wildman–Crippen LogP) is 3.30. The Kier molecular flexibility index (Phi) is 5.93. The molecule has 6 nitrogen and oxygen atoms in total. The van der Waals surface area contributed by atoms with E-state index in [1.165, 1.54) is 11.1 Å². The zero-order valence-electron chi connectivity index (χ0n) is 15.1. The van der Waals surface area contributed by atoms with E-state index in [1.807, 2.05) is 60.9 Å². The van der Waals surface area contributed by atoms with Crippen LogP contribution in [-0.4, -0.2) is 46.3 Å².